The van der Waals surface area contributed by atoms with E-state index in [1.807, 2.05) is 0 Å². The lowest BCUT2D eigenvalue weighted by Crippen LogP contribution is -2.09. The van der Waals surface area contributed by atoms with E-state index in [2.05, 4.69) is 10.1 Å². The fourth-order valence-electron chi connectivity index (χ4n) is 2.27. The summed E-state index contributed by atoms with van der Waals surface area (Å²) in [6.07, 6.45) is -2.06. The van der Waals surface area contributed by atoms with Gasteiger partial charge in [-0.15, -0.1) is 0 Å². The monoisotopic (exact) mass is 387 g/mol. The molecule has 3 rings (SSSR count). The molecule has 0 aliphatic rings. The van der Waals surface area contributed by atoms with Crippen molar-refractivity contribution in [3.05, 3.63) is 54.0 Å². The first-order chi connectivity index (χ1) is 12.1. The molecule has 26 heavy (non-hydrogen) atoms. The summed E-state index contributed by atoms with van der Waals surface area (Å²) >= 11 is 0. The van der Waals surface area contributed by atoms with Crippen LogP contribution in [0, 0.1) is 0 Å². The first-order valence-corrected chi connectivity index (χ1v) is 8.86. The van der Waals surface area contributed by atoms with Crippen LogP contribution in [-0.4, -0.2) is 33.5 Å². The molecular weight excluding hydrogens is 375 g/mol. The number of rotatable bonds is 5. The minimum atomic E-state index is -4.66. The first kappa shape index (κ1) is 18.1. The molecule has 0 aliphatic carbocycles. The predicted molar refractivity (Wildman–Crippen MR) is 84.2 cm³/mol. The molecule has 0 unspecified atom stereocenters. The Morgan fingerprint density at radius 3 is 2.62 bits per heavy atom. The molecule has 0 saturated heterocycles. The van der Waals surface area contributed by atoms with Crippen LogP contribution in [0.15, 0.2) is 47.2 Å². The van der Waals surface area contributed by atoms with Gasteiger partial charge in [-0.05, 0) is 36.2 Å². The minimum absolute atomic E-state index is 0.0299. The van der Waals surface area contributed by atoms with Crippen molar-refractivity contribution in [3.63, 3.8) is 0 Å². The number of hydrogen-bond donors (Lipinski definition) is 1. The minimum Gasteiger partial charge on any atom is -0.463 e. The van der Waals surface area contributed by atoms with Gasteiger partial charge in [0.1, 0.15) is 5.69 Å². The van der Waals surface area contributed by atoms with Gasteiger partial charge in [-0.25, -0.2) is 9.67 Å². The van der Waals surface area contributed by atoms with Gasteiger partial charge >= 0.3 is 6.18 Å². The second kappa shape index (κ2) is 6.57. The number of aryl methyl sites for hydroxylation is 1. The molecule has 0 amide bonds. The highest BCUT2D eigenvalue weighted by Crippen LogP contribution is 2.33. The van der Waals surface area contributed by atoms with Crippen molar-refractivity contribution in [3.8, 4) is 17.3 Å². The molecule has 0 aromatic carbocycles. The SMILES string of the molecule is O=S(=O)(O)CCc1ccnc(-n2nc(C(F)(F)F)cc2-c2ccco2)c1. The van der Waals surface area contributed by atoms with E-state index >= 15 is 0 Å². The number of pyridine rings is 1. The Kier molecular flexibility index (Phi) is 4.59. The van der Waals surface area contributed by atoms with Crippen molar-refractivity contribution in [2.24, 2.45) is 0 Å². The van der Waals surface area contributed by atoms with Crippen LogP contribution in [0.3, 0.4) is 0 Å². The topological polar surface area (TPSA) is 98.2 Å². The molecule has 0 saturated carbocycles. The number of furan rings is 1. The highest BCUT2D eigenvalue weighted by atomic mass is 32.2. The summed E-state index contributed by atoms with van der Waals surface area (Å²) in [6, 6.07) is 6.73. The fourth-order valence-corrected chi connectivity index (χ4v) is 2.77. The highest BCUT2D eigenvalue weighted by molar-refractivity contribution is 7.85. The quantitative estimate of drug-likeness (QED) is 0.676. The van der Waals surface area contributed by atoms with Crippen molar-refractivity contribution >= 4 is 10.1 Å². The van der Waals surface area contributed by atoms with Crippen molar-refractivity contribution in [2.45, 2.75) is 12.6 Å². The molecule has 1 N–H and O–H groups in total. The summed E-state index contributed by atoms with van der Waals surface area (Å²) in [5.74, 6) is -0.299. The molecule has 11 heteroatoms. The summed E-state index contributed by atoms with van der Waals surface area (Å²) in [5, 5.41) is 3.56. The van der Waals surface area contributed by atoms with Gasteiger partial charge in [-0.2, -0.15) is 26.7 Å². The molecule has 7 nitrogen and oxygen atoms in total. The smallest absolute Gasteiger partial charge is 0.435 e. The lowest BCUT2D eigenvalue weighted by molar-refractivity contribution is -0.141. The van der Waals surface area contributed by atoms with E-state index in [0.29, 0.717) is 5.56 Å². The molecule has 138 valence electrons. The van der Waals surface area contributed by atoms with Gasteiger partial charge in [0, 0.05) is 12.3 Å². The van der Waals surface area contributed by atoms with E-state index in [1.54, 1.807) is 0 Å². The third-order valence-electron chi connectivity index (χ3n) is 3.45. The Balaban J connectivity index is 2.04. The summed E-state index contributed by atoms with van der Waals surface area (Å²) in [5.41, 5.74) is -0.613. The second-order valence-corrected chi connectivity index (χ2v) is 6.93. The molecule has 0 fully saturated rings. The maximum absolute atomic E-state index is 13.0. The first-order valence-electron chi connectivity index (χ1n) is 7.25. The Morgan fingerprint density at radius 1 is 1.23 bits per heavy atom. The molecule has 0 radical (unpaired) electrons. The molecule has 3 aromatic rings. The molecule has 3 heterocycles. The van der Waals surface area contributed by atoms with E-state index in [0.717, 1.165) is 10.7 Å². The molecular formula is C15H12F3N3O4S. The van der Waals surface area contributed by atoms with Gasteiger partial charge < -0.3 is 4.42 Å². The van der Waals surface area contributed by atoms with Gasteiger partial charge in [0.25, 0.3) is 10.1 Å². The number of aromatic nitrogens is 3. The maximum Gasteiger partial charge on any atom is 0.435 e. The van der Waals surface area contributed by atoms with Crippen LogP contribution in [0.5, 0.6) is 0 Å². The summed E-state index contributed by atoms with van der Waals surface area (Å²) in [6.45, 7) is 0. The Morgan fingerprint density at radius 2 is 2.00 bits per heavy atom. The largest absolute Gasteiger partial charge is 0.463 e. The third-order valence-corrected chi connectivity index (χ3v) is 4.17. The standard InChI is InChI=1S/C15H12F3N3O4S/c16-15(17,18)13-9-11(12-2-1-6-25-12)21(20-13)14-8-10(3-5-19-14)4-7-26(22,23)24/h1-3,5-6,8-9H,4,7H2,(H,22,23,24). The van der Waals surface area contributed by atoms with E-state index in [-0.39, 0.29) is 23.7 Å². The zero-order valence-electron chi connectivity index (χ0n) is 13.0. The van der Waals surface area contributed by atoms with Crippen LogP contribution >= 0.6 is 0 Å². The zero-order valence-corrected chi connectivity index (χ0v) is 13.8. The summed E-state index contributed by atoms with van der Waals surface area (Å²) in [4.78, 5) is 4.00. The van der Waals surface area contributed by atoms with Crippen molar-refractivity contribution < 1.29 is 30.6 Å². The number of halogens is 3. The van der Waals surface area contributed by atoms with E-state index in [1.165, 1.54) is 36.7 Å². The van der Waals surface area contributed by atoms with E-state index in [4.69, 9.17) is 8.97 Å². The van der Waals surface area contributed by atoms with Gasteiger partial charge in [0.15, 0.2) is 17.3 Å². The molecule has 3 aromatic heterocycles. The van der Waals surface area contributed by atoms with Gasteiger partial charge in [-0.1, -0.05) is 0 Å². The van der Waals surface area contributed by atoms with Crippen molar-refractivity contribution in [2.75, 3.05) is 5.75 Å². The van der Waals surface area contributed by atoms with Crippen LogP contribution in [0.2, 0.25) is 0 Å². The highest BCUT2D eigenvalue weighted by Gasteiger charge is 2.35. The summed E-state index contributed by atoms with van der Waals surface area (Å²) in [7, 11) is -4.17. The third kappa shape index (κ3) is 4.11. The van der Waals surface area contributed by atoms with Crippen molar-refractivity contribution in [1.82, 2.24) is 14.8 Å². The Bertz CT molecular complexity index is 1010. The van der Waals surface area contributed by atoms with Crippen LogP contribution in [0.25, 0.3) is 17.3 Å². The lowest BCUT2D eigenvalue weighted by atomic mass is 10.2. The second-order valence-electron chi connectivity index (χ2n) is 5.36. The van der Waals surface area contributed by atoms with Gasteiger partial charge in [-0.3, -0.25) is 4.55 Å². The van der Waals surface area contributed by atoms with Crippen LogP contribution < -0.4 is 0 Å². The average molecular weight is 387 g/mol. The fraction of sp³-hybridized carbons (Fsp3) is 0.200. The van der Waals surface area contributed by atoms with Crippen LogP contribution in [-0.2, 0) is 22.7 Å². The zero-order chi connectivity index (χ0) is 18.9. The van der Waals surface area contributed by atoms with E-state index in [9.17, 15) is 21.6 Å². The molecule has 0 aliphatic heterocycles. The number of hydrogen-bond acceptors (Lipinski definition) is 5. The Labute approximate surface area is 145 Å². The normalized spacial score (nSPS) is 12.5. The number of alkyl halides is 3. The van der Waals surface area contributed by atoms with Crippen LogP contribution in [0.4, 0.5) is 13.2 Å². The lowest BCUT2D eigenvalue weighted by Gasteiger charge is -2.07. The summed E-state index contributed by atoms with van der Waals surface area (Å²) < 4.78 is 75.8. The van der Waals surface area contributed by atoms with Gasteiger partial charge in [0.05, 0.1) is 12.0 Å². The number of nitrogens with zero attached hydrogens (tertiary/aromatic N) is 3. The molecule has 0 bridgehead atoms. The van der Waals surface area contributed by atoms with Gasteiger partial charge in [0.2, 0.25) is 0 Å². The predicted octanol–water partition coefficient (Wildman–Crippen LogP) is 2.98. The van der Waals surface area contributed by atoms with E-state index < -0.39 is 27.7 Å². The van der Waals surface area contributed by atoms with Crippen molar-refractivity contribution in [1.29, 1.82) is 0 Å². The maximum atomic E-state index is 13.0. The molecule has 0 atom stereocenters. The Hall–Kier alpha value is -2.66. The average Bonchev–Trinajstić information content (AvgIpc) is 3.21. The molecule has 0 spiro atoms. The van der Waals surface area contributed by atoms with Crippen LogP contribution in [0.1, 0.15) is 11.3 Å².